The average molecular weight is 273 g/mol. The second kappa shape index (κ2) is 11.2. The van der Waals surface area contributed by atoms with Crippen LogP contribution in [0.4, 0.5) is 0 Å². The molecule has 0 aliphatic carbocycles. The summed E-state index contributed by atoms with van der Waals surface area (Å²) in [6.07, 6.45) is 8.06. The summed E-state index contributed by atoms with van der Waals surface area (Å²) in [6, 6.07) is 0. The van der Waals surface area contributed by atoms with Gasteiger partial charge in [-0.1, -0.05) is 59.8 Å². The van der Waals surface area contributed by atoms with Crippen molar-refractivity contribution in [2.75, 3.05) is 13.2 Å². The maximum absolute atomic E-state index is 10.2. The SMILES string of the molecule is CCCCCCCCC(COCC(C)(C)C)ON=O. The molecule has 4 nitrogen and oxygen atoms in total. The van der Waals surface area contributed by atoms with Crippen molar-refractivity contribution in [3.8, 4) is 0 Å². The molecular weight excluding hydrogens is 242 g/mol. The number of hydrogen-bond donors (Lipinski definition) is 0. The molecule has 114 valence electrons. The van der Waals surface area contributed by atoms with E-state index in [1.807, 2.05) is 0 Å². The quantitative estimate of drug-likeness (QED) is 0.289. The van der Waals surface area contributed by atoms with Gasteiger partial charge in [0, 0.05) is 0 Å². The maximum Gasteiger partial charge on any atom is 0.155 e. The van der Waals surface area contributed by atoms with E-state index >= 15 is 0 Å². The van der Waals surface area contributed by atoms with E-state index in [0.717, 1.165) is 12.8 Å². The Hall–Kier alpha value is -0.640. The van der Waals surface area contributed by atoms with Crippen LogP contribution in [0.5, 0.6) is 0 Å². The third-order valence-electron chi connectivity index (χ3n) is 2.91. The molecule has 0 aromatic rings. The van der Waals surface area contributed by atoms with Crippen LogP contribution in [0.1, 0.15) is 72.6 Å². The van der Waals surface area contributed by atoms with Crippen LogP contribution in [0.2, 0.25) is 0 Å². The van der Waals surface area contributed by atoms with E-state index in [-0.39, 0.29) is 11.5 Å². The third kappa shape index (κ3) is 13.6. The van der Waals surface area contributed by atoms with Crippen molar-refractivity contribution in [1.29, 1.82) is 0 Å². The normalized spacial score (nSPS) is 13.3. The zero-order valence-corrected chi connectivity index (χ0v) is 13.1. The van der Waals surface area contributed by atoms with E-state index < -0.39 is 0 Å². The summed E-state index contributed by atoms with van der Waals surface area (Å²) in [6.45, 7) is 9.70. The summed E-state index contributed by atoms with van der Waals surface area (Å²) < 4.78 is 5.58. The molecule has 1 unspecified atom stereocenters. The highest BCUT2D eigenvalue weighted by Gasteiger charge is 2.14. The summed E-state index contributed by atoms with van der Waals surface area (Å²) in [5, 5.41) is 2.55. The highest BCUT2D eigenvalue weighted by atomic mass is 16.7. The van der Waals surface area contributed by atoms with Gasteiger partial charge in [-0.25, -0.2) is 0 Å². The predicted molar refractivity (Wildman–Crippen MR) is 78.9 cm³/mol. The van der Waals surface area contributed by atoms with Crippen LogP contribution in [-0.2, 0) is 9.57 Å². The molecule has 0 radical (unpaired) electrons. The lowest BCUT2D eigenvalue weighted by Gasteiger charge is -2.20. The lowest BCUT2D eigenvalue weighted by atomic mass is 9.99. The first-order chi connectivity index (χ1) is 8.99. The molecule has 4 heteroatoms. The predicted octanol–water partition coefficient (Wildman–Crippen LogP) is 4.87. The minimum absolute atomic E-state index is 0.138. The van der Waals surface area contributed by atoms with Crippen molar-refractivity contribution in [1.82, 2.24) is 0 Å². The highest BCUT2D eigenvalue weighted by Crippen LogP contribution is 2.15. The lowest BCUT2D eigenvalue weighted by Crippen LogP contribution is -2.22. The molecule has 0 bridgehead atoms. The number of unbranched alkanes of at least 4 members (excludes halogenated alkanes) is 5. The van der Waals surface area contributed by atoms with E-state index in [1.165, 1.54) is 32.1 Å². The molecule has 0 aliphatic rings. The van der Waals surface area contributed by atoms with Crippen LogP contribution >= 0.6 is 0 Å². The van der Waals surface area contributed by atoms with E-state index in [2.05, 4.69) is 33.0 Å². The molecule has 0 fully saturated rings. The van der Waals surface area contributed by atoms with Crippen molar-refractivity contribution in [3.63, 3.8) is 0 Å². The molecule has 0 saturated carbocycles. The molecule has 0 aliphatic heterocycles. The van der Waals surface area contributed by atoms with Crippen LogP contribution < -0.4 is 0 Å². The van der Waals surface area contributed by atoms with Gasteiger partial charge in [-0.15, -0.1) is 4.91 Å². The Bertz CT molecular complexity index is 214. The zero-order valence-electron chi connectivity index (χ0n) is 13.1. The Labute approximate surface area is 118 Å². The van der Waals surface area contributed by atoms with Gasteiger partial charge in [0.25, 0.3) is 0 Å². The number of ether oxygens (including phenoxy) is 1. The Balaban J connectivity index is 3.65. The van der Waals surface area contributed by atoms with Gasteiger partial charge in [0.1, 0.15) is 0 Å². The fourth-order valence-corrected chi connectivity index (χ4v) is 1.88. The van der Waals surface area contributed by atoms with Crippen molar-refractivity contribution >= 4 is 0 Å². The van der Waals surface area contributed by atoms with Gasteiger partial charge in [0.05, 0.1) is 13.2 Å². The Morgan fingerprint density at radius 3 is 2.26 bits per heavy atom. The van der Waals surface area contributed by atoms with Gasteiger partial charge in [-0.3, -0.25) is 0 Å². The van der Waals surface area contributed by atoms with E-state index in [1.54, 1.807) is 0 Å². The van der Waals surface area contributed by atoms with Crippen molar-refractivity contribution in [2.24, 2.45) is 10.8 Å². The Morgan fingerprint density at radius 2 is 1.68 bits per heavy atom. The summed E-state index contributed by atoms with van der Waals surface area (Å²) in [5.41, 5.74) is 0.138. The van der Waals surface area contributed by atoms with Gasteiger partial charge in [0.2, 0.25) is 0 Å². The summed E-state index contributed by atoms with van der Waals surface area (Å²) >= 11 is 0. The fraction of sp³-hybridized carbons (Fsp3) is 1.00. The highest BCUT2D eigenvalue weighted by molar-refractivity contribution is 4.62. The molecule has 0 spiro atoms. The molecular formula is C15H31NO3. The molecule has 0 aromatic carbocycles. The maximum atomic E-state index is 10.2. The Morgan fingerprint density at radius 1 is 1.05 bits per heavy atom. The van der Waals surface area contributed by atoms with Crippen molar-refractivity contribution in [3.05, 3.63) is 4.91 Å². The first kappa shape index (κ1) is 18.4. The molecule has 0 rings (SSSR count). The van der Waals surface area contributed by atoms with Crippen LogP contribution in [0, 0.1) is 10.3 Å². The van der Waals surface area contributed by atoms with Gasteiger partial charge in [0.15, 0.2) is 11.4 Å². The number of nitrogens with zero attached hydrogens (tertiary/aromatic N) is 1. The van der Waals surface area contributed by atoms with Crippen molar-refractivity contribution < 1.29 is 9.57 Å². The second-order valence-corrected chi connectivity index (χ2v) is 6.43. The van der Waals surface area contributed by atoms with Crippen LogP contribution in [0.3, 0.4) is 0 Å². The lowest BCUT2D eigenvalue weighted by molar-refractivity contribution is -0.0370. The largest absolute Gasteiger partial charge is 0.377 e. The van der Waals surface area contributed by atoms with Crippen molar-refractivity contribution in [2.45, 2.75) is 78.7 Å². The van der Waals surface area contributed by atoms with E-state index in [9.17, 15) is 4.91 Å². The average Bonchev–Trinajstić information content (AvgIpc) is 2.32. The Kier molecular flexibility index (Phi) is 10.8. The monoisotopic (exact) mass is 273 g/mol. The molecule has 0 amide bonds. The summed E-state index contributed by atoms with van der Waals surface area (Å²) in [7, 11) is 0. The number of rotatable bonds is 12. The molecule has 0 heterocycles. The van der Waals surface area contributed by atoms with E-state index in [4.69, 9.17) is 9.57 Å². The van der Waals surface area contributed by atoms with Gasteiger partial charge < -0.3 is 9.57 Å². The smallest absolute Gasteiger partial charge is 0.155 e. The molecule has 0 aromatic heterocycles. The summed E-state index contributed by atoms with van der Waals surface area (Å²) in [4.78, 5) is 15.1. The minimum atomic E-state index is -0.189. The van der Waals surface area contributed by atoms with Gasteiger partial charge in [-0.2, -0.15) is 0 Å². The minimum Gasteiger partial charge on any atom is -0.377 e. The molecule has 19 heavy (non-hydrogen) atoms. The van der Waals surface area contributed by atoms with Gasteiger partial charge >= 0.3 is 0 Å². The second-order valence-electron chi connectivity index (χ2n) is 6.43. The first-order valence-electron chi connectivity index (χ1n) is 7.56. The topological polar surface area (TPSA) is 47.9 Å². The van der Waals surface area contributed by atoms with Gasteiger partial charge in [-0.05, 0) is 18.3 Å². The van der Waals surface area contributed by atoms with Crippen LogP contribution in [0.25, 0.3) is 0 Å². The fourth-order valence-electron chi connectivity index (χ4n) is 1.88. The van der Waals surface area contributed by atoms with E-state index in [0.29, 0.717) is 13.2 Å². The molecule has 0 saturated heterocycles. The van der Waals surface area contributed by atoms with Crippen LogP contribution in [0.15, 0.2) is 5.34 Å². The van der Waals surface area contributed by atoms with Crippen LogP contribution in [-0.4, -0.2) is 19.3 Å². The number of hydrogen-bond acceptors (Lipinski definition) is 4. The first-order valence-corrected chi connectivity index (χ1v) is 7.56. The molecule has 1 atom stereocenters. The third-order valence-corrected chi connectivity index (χ3v) is 2.91. The zero-order chi connectivity index (χ0) is 14.6. The summed E-state index contributed by atoms with van der Waals surface area (Å²) in [5.74, 6) is 0. The standard InChI is InChI=1S/C15H31NO3/c1-5-6-7-8-9-10-11-14(19-16-17)12-18-13-15(2,3)4/h14H,5-13H2,1-4H3. The molecule has 0 N–H and O–H groups in total.